The zero-order valence-electron chi connectivity index (χ0n) is 20.3. The van der Waals surface area contributed by atoms with Crippen LogP contribution in [0.3, 0.4) is 0 Å². The zero-order valence-corrected chi connectivity index (χ0v) is 20.3. The first-order valence-electron chi connectivity index (χ1n) is 11.4. The molecular weight excluding hydrogens is 491 g/mol. The standard InChI is InChI=1S/C24H24F3N7O3/c1-4-10-28-23(36)20-18(13-33(5-2)32-20)31-22(35)16-12-29-34-19(24(25,26)27)11-17(30-21(16)34)14-6-8-15(37-3)9-7-14/h6-9,11-13H,4-5,10H2,1-3H3,(H,28,36)(H,31,35). The molecule has 3 heterocycles. The van der Waals surface area contributed by atoms with Gasteiger partial charge < -0.3 is 15.4 Å². The molecule has 0 saturated carbocycles. The Kier molecular flexibility index (Phi) is 7.14. The summed E-state index contributed by atoms with van der Waals surface area (Å²) in [5, 5.41) is 13.2. The van der Waals surface area contributed by atoms with Crippen LogP contribution in [0.2, 0.25) is 0 Å². The Bertz CT molecular complexity index is 1440. The van der Waals surface area contributed by atoms with E-state index >= 15 is 0 Å². The molecule has 0 unspecified atom stereocenters. The van der Waals surface area contributed by atoms with E-state index in [1.165, 1.54) is 18.0 Å². The lowest BCUT2D eigenvalue weighted by atomic mass is 10.1. The summed E-state index contributed by atoms with van der Waals surface area (Å²) in [4.78, 5) is 30.0. The number of hydrogen-bond acceptors (Lipinski definition) is 6. The minimum absolute atomic E-state index is 0.00420. The van der Waals surface area contributed by atoms with Gasteiger partial charge in [0.25, 0.3) is 11.8 Å². The monoisotopic (exact) mass is 515 g/mol. The molecule has 0 aliphatic rings. The van der Waals surface area contributed by atoms with Crippen LogP contribution in [0.25, 0.3) is 16.9 Å². The highest BCUT2D eigenvalue weighted by Crippen LogP contribution is 2.33. The van der Waals surface area contributed by atoms with Crippen LogP contribution in [0, 0.1) is 0 Å². The minimum atomic E-state index is -4.77. The third-order valence-corrected chi connectivity index (χ3v) is 5.48. The van der Waals surface area contributed by atoms with Crippen molar-refractivity contribution in [1.82, 2.24) is 29.7 Å². The largest absolute Gasteiger partial charge is 0.497 e. The number of anilines is 1. The first-order chi connectivity index (χ1) is 17.7. The highest BCUT2D eigenvalue weighted by molar-refractivity contribution is 6.11. The SMILES string of the molecule is CCCNC(=O)c1nn(CC)cc1NC(=O)c1cnn2c(C(F)(F)F)cc(-c3ccc(OC)cc3)nc12. The summed E-state index contributed by atoms with van der Waals surface area (Å²) in [6, 6.07) is 7.18. The second-order valence-electron chi connectivity index (χ2n) is 8.00. The molecule has 0 atom stereocenters. The fourth-order valence-electron chi connectivity index (χ4n) is 3.59. The number of aryl methyl sites for hydroxylation is 1. The van der Waals surface area contributed by atoms with Crippen LogP contribution >= 0.6 is 0 Å². The molecular formula is C24H24F3N7O3. The molecule has 10 nitrogen and oxygen atoms in total. The van der Waals surface area contributed by atoms with E-state index in [9.17, 15) is 22.8 Å². The Balaban J connectivity index is 1.76. The summed E-state index contributed by atoms with van der Waals surface area (Å²) in [5.74, 6) is -0.747. The van der Waals surface area contributed by atoms with Gasteiger partial charge in [0.05, 0.1) is 24.7 Å². The molecule has 37 heavy (non-hydrogen) atoms. The van der Waals surface area contributed by atoms with Crippen molar-refractivity contribution in [2.45, 2.75) is 33.0 Å². The van der Waals surface area contributed by atoms with Crippen LogP contribution < -0.4 is 15.4 Å². The van der Waals surface area contributed by atoms with Gasteiger partial charge in [-0.2, -0.15) is 23.4 Å². The quantitative estimate of drug-likeness (QED) is 0.366. The van der Waals surface area contributed by atoms with E-state index in [0.29, 0.717) is 35.3 Å². The number of amides is 2. The van der Waals surface area contributed by atoms with Gasteiger partial charge in [-0.15, -0.1) is 0 Å². The zero-order chi connectivity index (χ0) is 26.7. The van der Waals surface area contributed by atoms with Gasteiger partial charge in [-0.1, -0.05) is 6.92 Å². The summed E-state index contributed by atoms with van der Waals surface area (Å²) in [6.07, 6.45) is -1.59. The number of fused-ring (bicyclic) bond motifs is 1. The lowest BCUT2D eigenvalue weighted by Gasteiger charge is -2.12. The normalized spacial score (nSPS) is 11.5. The van der Waals surface area contributed by atoms with Crippen molar-refractivity contribution in [2.75, 3.05) is 19.0 Å². The van der Waals surface area contributed by atoms with Gasteiger partial charge in [0, 0.05) is 24.8 Å². The van der Waals surface area contributed by atoms with Gasteiger partial charge in [0.1, 0.15) is 11.3 Å². The van der Waals surface area contributed by atoms with E-state index in [0.717, 1.165) is 12.3 Å². The third-order valence-electron chi connectivity index (χ3n) is 5.48. The van der Waals surface area contributed by atoms with E-state index in [4.69, 9.17) is 4.74 Å². The van der Waals surface area contributed by atoms with Crippen molar-refractivity contribution >= 4 is 23.1 Å². The Hall–Kier alpha value is -4.42. The number of alkyl halides is 3. The number of nitrogens with one attached hydrogen (secondary N) is 2. The maximum Gasteiger partial charge on any atom is 0.433 e. The maximum atomic E-state index is 13.9. The Morgan fingerprint density at radius 2 is 1.84 bits per heavy atom. The topological polar surface area (TPSA) is 115 Å². The van der Waals surface area contributed by atoms with Crippen molar-refractivity contribution in [3.05, 3.63) is 59.7 Å². The number of halogens is 3. The average molecular weight is 515 g/mol. The number of carbonyl (C=O) groups is 2. The van der Waals surface area contributed by atoms with Crippen molar-refractivity contribution < 1.29 is 27.5 Å². The molecule has 0 spiro atoms. The van der Waals surface area contributed by atoms with Gasteiger partial charge in [0.2, 0.25) is 0 Å². The van der Waals surface area contributed by atoms with Crippen molar-refractivity contribution in [2.24, 2.45) is 0 Å². The van der Waals surface area contributed by atoms with Crippen LogP contribution in [0.4, 0.5) is 18.9 Å². The molecule has 0 radical (unpaired) electrons. The number of benzene rings is 1. The van der Waals surface area contributed by atoms with Crippen molar-refractivity contribution in [1.29, 1.82) is 0 Å². The highest BCUT2D eigenvalue weighted by atomic mass is 19.4. The fourth-order valence-corrected chi connectivity index (χ4v) is 3.59. The van der Waals surface area contributed by atoms with Crippen molar-refractivity contribution in [3.8, 4) is 17.0 Å². The van der Waals surface area contributed by atoms with E-state index in [1.54, 1.807) is 31.2 Å². The molecule has 2 amide bonds. The number of aromatic nitrogens is 5. The predicted molar refractivity (Wildman–Crippen MR) is 128 cm³/mol. The Morgan fingerprint density at radius 3 is 2.46 bits per heavy atom. The third kappa shape index (κ3) is 5.25. The Morgan fingerprint density at radius 1 is 1.11 bits per heavy atom. The summed E-state index contributed by atoms with van der Waals surface area (Å²) in [7, 11) is 1.47. The number of hydrogen-bond donors (Lipinski definition) is 2. The predicted octanol–water partition coefficient (Wildman–Crippen LogP) is 4.03. The number of carbonyl (C=O) groups excluding carboxylic acids is 2. The average Bonchev–Trinajstić information content (AvgIpc) is 3.50. The van der Waals surface area contributed by atoms with Gasteiger partial charge in [-0.05, 0) is 43.7 Å². The summed E-state index contributed by atoms with van der Waals surface area (Å²) in [6.45, 7) is 4.54. The van der Waals surface area contributed by atoms with Crippen LogP contribution in [0.5, 0.6) is 5.75 Å². The Labute approximate surface area is 209 Å². The molecule has 0 aliphatic heterocycles. The second-order valence-corrected chi connectivity index (χ2v) is 8.00. The van der Waals surface area contributed by atoms with Gasteiger partial charge in [-0.25, -0.2) is 9.50 Å². The van der Waals surface area contributed by atoms with E-state index in [-0.39, 0.29) is 28.3 Å². The molecule has 2 N–H and O–H groups in total. The lowest BCUT2D eigenvalue weighted by Crippen LogP contribution is -2.26. The molecule has 4 rings (SSSR count). The molecule has 0 aliphatic carbocycles. The minimum Gasteiger partial charge on any atom is -0.497 e. The molecule has 0 saturated heterocycles. The molecule has 4 aromatic rings. The summed E-state index contributed by atoms with van der Waals surface area (Å²) >= 11 is 0. The van der Waals surface area contributed by atoms with Crippen LogP contribution in [0.1, 0.15) is 46.8 Å². The number of methoxy groups -OCH3 is 1. The molecule has 13 heteroatoms. The van der Waals surface area contributed by atoms with E-state index in [2.05, 4.69) is 25.8 Å². The van der Waals surface area contributed by atoms with E-state index in [1.807, 2.05) is 6.92 Å². The fraction of sp³-hybridized carbons (Fsp3) is 0.292. The number of nitrogens with zero attached hydrogens (tertiary/aromatic N) is 5. The smallest absolute Gasteiger partial charge is 0.433 e. The summed E-state index contributed by atoms with van der Waals surface area (Å²) in [5.41, 5.74) is -1.11. The second kappa shape index (κ2) is 10.3. The van der Waals surface area contributed by atoms with Crippen LogP contribution in [0.15, 0.2) is 42.7 Å². The number of rotatable bonds is 8. The lowest BCUT2D eigenvalue weighted by molar-refractivity contribution is -0.142. The van der Waals surface area contributed by atoms with Gasteiger partial charge in [0.15, 0.2) is 17.0 Å². The summed E-state index contributed by atoms with van der Waals surface area (Å²) < 4.78 is 48.9. The van der Waals surface area contributed by atoms with Gasteiger partial charge in [-0.3, -0.25) is 14.3 Å². The molecule has 1 aromatic carbocycles. The first kappa shape index (κ1) is 25.7. The first-order valence-corrected chi connectivity index (χ1v) is 11.4. The molecule has 0 fully saturated rings. The molecule has 3 aromatic heterocycles. The highest BCUT2D eigenvalue weighted by Gasteiger charge is 2.36. The molecule has 0 bridgehead atoms. The number of ether oxygens (including phenoxy) is 1. The van der Waals surface area contributed by atoms with Crippen molar-refractivity contribution in [3.63, 3.8) is 0 Å². The van der Waals surface area contributed by atoms with E-state index < -0.39 is 23.7 Å². The van der Waals surface area contributed by atoms with Crippen LogP contribution in [-0.4, -0.2) is 49.8 Å². The molecule has 194 valence electrons. The van der Waals surface area contributed by atoms with Gasteiger partial charge >= 0.3 is 6.18 Å². The maximum absolute atomic E-state index is 13.9. The van der Waals surface area contributed by atoms with Crippen LogP contribution in [-0.2, 0) is 12.7 Å².